The molecule has 4 atom stereocenters. The third-order valence-corrected chi connectivity index (χ3v) is 6.52. The molecule has 0 heterocycles. The molecule has 0 radical (unpaired) electrons. The summed E-state index contributed by atoms with van der Waals surface area (Å²) in [4.78, 5) is 40.8. The first-order chi connectivity index (χ1) is 16.3. The summed E-state index contributed by atoms with van der Waals surface area (Å²) in [6.45, 7) is 3.90. The molecule has 0 unspecified atom stereocenters. The maximum Gasteiger partial charge on any atom is 0.173 e. The van der Waals surface area contributed by atoms with Gasteiger partial charge in [0.2, 0.25) is 0 Å². The number of hydrogen-bond donors (Lipinski definition) is 1. The number of carbonyl (C=O) groups excluding carboxylic acids is 3. The summed E-state index contributed by atoms with van der Waals surface area (Å²) in [5.41, 5.74) is -0.130. The Bertz CT molecular complexity index is 1170. The summed E-state index contributed by atoms with van der Waals surface area (Å²) in [5.74, 6) is -3.24. The van der Waals surface area contributed by atoms with Gasteiger partial charge < -0.3 is 9.84 Å². The predicted octanol–water partition coefficient (Wildman–Crippen LogP) is 4.89. The number of rotatable bonds is 7. The van der Waals surface area contributed by atoms with Crippen LogP contribution < -0.4 is 4.74 Å². The van der Waals surface area contributed by atoms with Crippen LogP contribution in [0.4, 0.5) is 0 Å². The summed E-state index contributed by atoms with van der Waals surface area (Å²) in [6, 6.07) is 24.4. The molecule has 0 saturated heterocycles. The van der Waals surface area contributed by atoms with E-state index in [4.69, 9.17) is 4.74 Å². The second-order valence-electron chi connectivity index (χ2n) is 8.94. The minimum Gasteiger partial charge on any atom is -0.494 e. The van der Waals surface area contributed by atoms with Crippen molar-refractivity contribution in [3.05, 3.63) is 102 Å². The number of aliphatic hydroxyl groups is 1. The van der Waals surface area contributed by atoms with Gasteiger partial charge in [-0.15, -0.1) is 0 Å². The van der Waals surface area contributed by atoms with E-state index in [2.05, 4.69) is 0 Å². The lowest BCUT2D eigenvalue weighted by molar-refractivity contribution is -0.134. The SMILES string of the molecule is CCOc1ccc([C@H]2[C@H](C(=O)c3ccccc3)C(=O)C[C@@](C)(O)[C@@H]2C(=O)c2ccccc2)cc1. The maximum atomic E-state index is 13.8. The quantitative estimate of drug-likeness (QED) is 0.404. The lowest BCUT2D eigenvalue weighted by Gasteiger charge is -2.45. The molecule has 0 spiro atoms. The molecule has 4 rings (SSSR count). The van der Waals surface area contributed by atoms with Crippen LogP contribution in [0.15, 0.2) is 84.9 Å². The number of carbonyl (C=O) groups is 3. The van der Waals surface area contributed by atoms with Gasteiger partial charge in [0, 0.05) is 23.5 Å². The van der Waals surface area contributed by atoms with Crippen LogP contribution in [0.3, 0.4) is 0 Å². The van der Waals surface area contributed by atoms with Crippen molar-refractivity contribution in [1.29, 1.82) is 0 Å². The summed E-state index contributed by atoms with van der Waals surface area (Å²) >= 11 is 0. The van der Waals surface area contributed by atoms with Gasteiger partial charge in [-0.3, -0.25) is 14.4 Å². The molecule has 3 aromatic carbocycles. The van der Waals surface area contributed by atoms with Crippen LogP contribution in [0.5, 0.6) is 5.75 Å². The van der Waals surface area contributed by atoms with Crippen molar-refractivity contribution < 1.29 is 24.2 Å². The smallest absolute Gasteiger partial charge is 0.173 e. The van der Waals surface area contributed by atoms with Crippen LogP contribution in [-0.4, -0.2) is 34.7 Å². The van der Waals surface area contributed by atoms with Crippen LogP contribution in [-0.2, 0) is 4.79 Å². The van der Waals surface area contributed by atoms with Crippen LogP contribution in [0.1, 0.15) is 52.5 Å². The van der Waals surface area contributed by atoms with E-state index in [-0.39, 0.29) is 23.8 Å². The normalized spacial score (nSPS) is 24.4. The van der Waals surface area contributed by atoms with E-state index >= 15 is 0 Å². The van der Waals surface area contributed by atoms with E-state index in [0.29, 0.717) is 29.0 Å². The summed E-state index contributed by atoms with van der Waals surface area (Å²) < 4.78 is 5.55. The lowest BCUT2D eigenvalue weighted by atomic mass is 9.58. The molecule has 1 saturated carbocycles. The fourth-order valence-electron chi connectivity index (χ4n) is 5.01. The Hall–Kier alpha value is -3.57. The first-order valence-corrected chi connectivity index (χ1v) is 11.5. The molecule has 1 aliphatic rings. The van der Waals surface area contributed by atoms with Crippen molar-refractivity contribution in [2.45, 2.75) is 31.8 Å². The summed E-state index contributed by atoms with van der Waals surface area (Å²) in [6.07, 6.45) is -0.271. The molecule has 1 fully saturated rings. The highest BCUT2D eigenvalue weighted by molar-refractivity contribution is 6.13. The molecule has 174 valence electrons. The van der Waals surface area contributed by atoms with Crippen molar-refractivity contribution >= 4 is 17.3 Å². The van der Waals surface area contributed by atoms with Crippen molar-refractivity contribution in [1.82, 2.24) is 0 Å². The Kier molecular flexibility index (Phi) is 6.75. The molecular formula is C29H28O5. The minimum atomic E-state index is -1.61. The Morgan fingerprint density at radius 2 is 1.41 bits per heavy atom. The standard InChI is InChI=1S/C29H28O5/c1-3-34-22-16-14-19(15-17-22)24-25(27(31)20-10-6-4-7-11-20)23(30)18-29(2,33)26(24)28(32)21-12-8-5-9-13-21/h4-17,24-26,33H,3,18H2,1-2H3/t24-,25+,26-,29+/m0/s1. The molecule has 5 nitrogen and oxygen atoms in total. The van der Waals surface area contributed by atoms with E-state index in [9.17, 15) is 19.5 Å². The molecule has 0 aliphatic heterocycles. The van der Waals surface area contributed by atoms with Gasteiger partial charge in [0.15, 0.2) is 11.6 Å². The molecule has 1 aliphatic carbocycles. The Morgan fingerprint density at radius 1 is 0.882 bits per heavy atom. The fourth-order valence-corrected chi connectivity index (χ4v) is 5.01. The van der Waals surface area contributed by atoms with E-state index in [1.807, 2.05) is 13.0 Å². The van der Waals surface area contributed by atoms with Crippen molar-refractivity contribution in [3.63, 3.8) is 0 Å². The van der Waals surface area contributed by atoms with Crippen molar-refractivity contribution in [2.75, 3.05) is 6.61 Å². The monoisotopic (exact) mass is 456 g/mol. The van der Waals surface area contributed by atoms with Gasteiger partial charge in [-0.1, -0.05) is 72.8 Å². The van der Waals surface area contributed by atoms with Gasteiger partial charge in [-0.25, -0.2) is 0 Å². The van der Waals surface area contributed by atoms with Crippen molar-refractivity contribution in [3.8, 4) is 5.75 Å². The van der Waals surface area contributed by atoms with Gasteiger partial charge in [0.05, 0.1) is 24.0 Å². The van der Waals surface area contributed by atoms with E-state index in [1.165, 1.54) is 6.92 Å². The first kappa shape index (κ1) is 23.6. The summed E-state index contributed by atoms with van der Waals surface area (Å²) in [7, 11) is 0. The topological polar surface area (TPSA) is 80.7 Å². The maximum absolute atomic E-state index is 13.8. The molecule has 34 heavy (non-hydrogen) atoms. The Morgan fingerprint density at radius 3 is 1.94 bits per heavy atom. The van der Waals surface area contributed by atoms with Crippen LogP contribution in [0.25, 0.3) is 0 Å². The third-order valence-electron chi connectivity index (χ3n) is 6.52. The molecular weight excluding hydrogens is 428 g/mol. The van der Waals surface area contributed by atoms with Crippen molar-refractivity contribution in [2.24, 2.45) is 11.8 Å². The van der Waals surface area contributed by atoms with Gasteiger partial charge >= 0.3 is 0 Å². The number of Topliss-reactive ketones (excluding diaryl/α,β-unsaturated/α-hetero) is 3. The second kappa shape index (κ2) is 9.74. The Balaban J connectivity index is 1.86. The largest absolute Gasteiger partial charge is 0.494 e. The summed E-state index contributed by atoms with van der Waals surface area (Å²) in [5, 5.41) is 11.4. The van der Waals surface area contributed by atoms with Crippen LogP contribution >= 0.6 is 0 Å². The van der Waals surface area contributed by atoms with Gasteiger partial charge in [0.25, 0.3) is 0 Å². The average molecular weight is 457 g/mol. The van der Waals surface area contributed by atoms with Gasteiger partial charge in [-0.2, -0.15) is 0 Å². The van der Waals surface area contributed by atoms with Gasteiger partial charge in [0.1, 0.15) is 11.5 Å². The first-order valence-electron chi connectivity index (χ1n) is 11.5. The highest BCUT2D eigenvalue weighted by Gasteiger charge is 2.55. The molecule has 0 amide bonds. The fraction of sp³-hybridized carbons (Fsp3) is 0.276. The minimum absolute atomic E-state index is 0.271. The zero-order chi connectivity index (χ0) is 24.3. The Labute approximate surface area is 199 Å². The molecule has 3 aromatic rings. The zero-order valence-corrected chi connectivity index (χ0v) is 19.3. The van der Waals surface area contributed by atoms with E-state index < -0.39 is 23.4 Å². The zero-order valence-electron chi connectivity index (χ0n) is 19.3. The molecule has 0 bridgehead atoms. The number of ketones is 3. The third kappa shape index (κ3) is 4.57. The highest BCUT2D eigenvalue weighted by Crippen LogP contribution is 2.48. The molecule has 0 aromatic heterocycles. The molecule has 1 N–H and O–H groups in total. The second-order valence-corrected chi connectivity index (χ2v) is 8.94. The number of benzene rings is 3. The van der Waals surface area contributed by atoms with Gasteiger partial charge in [-0.05, 0) is 31.5 Å². The van der Waals surface area contributed by atoms with E-state index in [0.717, 1.165) is 0 Å². The van der Waals surface area contributed by atoms with Crippen LogP contribution in [0, 0.1) is 11.8 Å². The predicted molar refractivity (Wildman–Crippen MR) is 129 cm³/mol. The highest BCUT2D eigenvalue weighted by atomic mass is 16.5. The van der Waals surface area contributed by atoms with Crippen LogP contribution in [0.2, 0.25) is 0 Å². The number of ether oxygens (including phenoxy) is 1. The average Bonchev–Trinajstić information content (AvgIpc) is 2.84. The molecule has 5 heteroatoms. The number of hydrogen-bond acceptors (Lipinski definition) is 5. The lowest BCUT2D eigenvalue weighted by Crippen LogP contribution is -2.54. The van der Waals surface area contributed by atoms with E-state index in [1.54, 1.807) is 78.9 Å².